The van der Waals surface area contributed by atoms with Gasteiger partial charge in [-0.3, -0.25) is 4.79 Å². The fraction of sp³-hybridized carbons (Fsp3) is 0.478. The standard InChI is InChI=1S/C23H31N7O2.ClH.H2O/c1-16(2)30-23(28-10-6-9-27(11-12-28)18(4)31)25-22(26-30)19-7-8-20(21(13-19)32-5)29-14-17(3)24-15-29;;/h7-8,13-16H,6,9-12H2,1-5H3;1H;1H2. The summed E-state index contributed by atoms with van der Waals surface area (Å²) in [5, 5.41) is 4.83. The second-order valence-corrected chi connectivity index (χ2v) is 8.43. The number of ether oxygens (including phenoxy) is 1. The summed E-state index contributed by atoms with van der Waals surface area (Å²) < 4.78 is 9.58. The number of methoxy groups -OCH3 is 1. The molecular weight excluding hydrogens is 458 g/mol. The van der Waals surface area contributed by atoms with E-state index in [4.69, 9.17) is 14.8 Å². The van der Waals surface area contributed by atoms with Crippen LogP contribution in [0.1, 0.15) is 38.9 Å². The molecule has 1 fully saturated rings. The number of amides is 1. The van der Waals surface area contributed by atoms with Crippen molar-refractivity contribution < 1.29 is 15.0 Å². The van der Waals surface area contributed by atoms with E-state index in [1.54, 1.807) is 20.4 Å². The van der Waals surface area contributed by atoms with E-state index in [2.05, 4.69) is 23.7 Å². The molecule has 34 heavy (non-hydrogen) atoms. The number of rotatable bonds is 5. The van der Waals surface area contributed by atoms with Crippen molar-refractivity contribution >= 4 is 24.3 Å². The highest BCUT2D eigenvalue weighted by atomic mass is 35.5. The van der Waals surface area contributed by atoms with E-state index >= 15 is 0 Å². The number of carbonyl (C=O) groups excluding carboxylic acids is 1. The molecule has 0 saturated carbocycles. The number of aromatic nitrogens is 5. The average molecular weight is 492 g/mol. The lowest BCUT2D eigenvalue weighted by Gasteiger charge is -2.23. The lowest BCUT2D eigenvalue weighted by Crippen LogP contribution is -2.34. The largest absolute Gasteiger partial charge is 0.495 e. The van der Waals surface area contributed by atoms with E-state index in [9.17, 15) is 4.79 Å². The fourth-order valence-corrected chi connectivity index (χ4v) is 4.01. The van der Waals surface area contributed by atoms with Gasteiger partial charge in [-0.15, -0.1) is 17.5 Å². The highest BCUT2D eigenvalue weighted by Gasteiger charge is 2.23. The Morgan fingerprint density at radius 2 is 1.91 bits per heavy atom. The maximum absolute atomic E-state index is 11.8. The van der Waals surface area contributed by atoms with Crippen molar-refractivity contribution in [2.45, 2.75) is 40.2 Å². The van der Waals surface area contributed by atoms with Crippen molar-refractivity contribution in [3.8, 4) is 22.8 Å². The van der Waals surface area contributed by atoms with Gasteiger partial charge in [-0.25, -0.2) is 9.67 Å². The number of carbonyl (C=O) groups is 1. The third-order valence-electron chi connectivity index (χ3n) is 5.75. The van der Waals surface area contributed by atoms with E-state index < -0.39 is 0 Å². The number of hydrogen-bond donors (Lipinski definition) is 0. The van der Waals surface area contributed by atoms with Crippen LogP contribution in [0.25, 0.3) is 17.1 Å². The first-order valence-corrected chi connectivity index (χ1v) is 11.0. The summed E-state index contributed by atoms with van der Waals surface area (Å²) in [5.41, 5.74) is 2.75. The van der Waals surface area contributed by atoms with Crippen LogP contribution in [0.15, 0.2) is 30.7 Å². The molecule has 0 unspecified atom stereocenters. The molecule has 1 aromatic carbocycles. The summed E-state index contributed by atoms with van der Waals surface area (Å²) in [4.78, 5) is 25.2. The van der Waals surface area contributed by atoms with Gasteiger partial charge in [-0.2, -0.15) is 4.98 Å². The molecule has 1 aliphatic heterocycles. The number of hydrogen-bond acceptors (Lipinski definition) is 6. The predicted molar refractivity (Wildman–Crippen MR) is 134 cm³/mol. The van der Waals surface area contributed by atoms with Crippen LogP contribution in [0, 0.1) is 6.92 Å². The monoisotopic (exact) mass is 491 g/mol. The third-order valence-corrected chi connectivity index (χ3v) is 5.75. The van der Waals surface area contributed by atoms with Gasteiger partial charge >= 0.3 is 0 Å². The maximum Gasteiger partial charge on any atom is 0.224 e. The number of nitrogens with zero attached hydrogens (tertiary/aromatic N) is 7. The SMILES string of the molecule is COc1cc(-c2nc(N3CCCN(C(C)=O)CC3)n(C(C)C)n2)ccc1-n1cnc(C)c1.Cl.O. The average Bonchev–Trinajstić information content (AvgIpc) is 3.33. The second kappa shape index (κ2) is 11.3. The van der Waals surface area contributed by atoms with Gasteiger partial charge in [-0.1, -0.05) is 0 Å². The molecule has 2 aromatic heterocycles. The van der Waals surface area contributed by atoms with Gasteiger partial charge in [-0.05, 0) is 45.4 Å². The van der Waals surface area contributed by atoms with Crippen LogP contribution in [-0.2, 0) is 4.79 Å². The zero-order valence-electron chi connectivity index (χ0n) is 20.4. The third kappa shape index (κ3) is 5.51. The highest BCUT2D eigenvalue weighted by Crippen LogP contribution is 2.30. The Labute approximate surface area is 206 Å². The van der Waals surface area contributed by atoms with E-state index in [1.807, 2.05) is 45.5 Å². The summed E-state index contributed by atoms with van der Waals surface area (Å²) >= 11 is 0. The second-order valence-electron chi connectivity index (χ2n) is 8.43. The minimum atomic E-state index is 0. The predicted octanol–water partition coefficient (Wildman–Crippen LogP) is 2.68. The van der Waals surface area contributed by atoms with Crippen LogP contribution in [0.3, 0.4) is 0 Å². The Morgan fingerprint density at radius 1 is 1.15 bits per heavy atom. The number of halogens is 1. The van der Waals surface area contributed by atoms with Crippen LogP contribution in [0.5, 0.6) is 5.75 Å². The molecule has 0 aliphatic carbocycles. The van der Waals surface area contributed by atoms with Gasteiger partial charge in [0.25, 0.3) is 0 Å². The first-order chi connectivity index (χ1) is 15.4. The molecule has 11 heteroatoms. The van der Waals surface area contributed by atoms with Crippen LogP contribution < -0.4 is 9.64 Å². The van der Waals surface area contributed by atoms with Crippen molar-refractivity contribution in [1.82, 2.24) is 29.2 Å². The molecule has 10 nitrogen and oxygen atoms in total. The number of benzene rings is 1. The summed E-state index contributed by atoms with van der Waals surface area (Å²) in [7, 11) is 1.66. The molecule has 3 heterocycles. The lowest BCUT2D eigenvalue weighted by molar-refractivity contribution is -0.128. The Morgan fingerprint density at radius 3 is 2.53 bits per heavy atom. The molecule has 1 aliphatic rings. The Bertz CT molecular complexity index is 1110. The first kappa shape index (κ1) is 27.1. The molecule has 4 rings (SSSR count). The minimum absolute atomic E-state index is 0. The molecule has 1 amide bonds. The molecule has 0 atom stereocenters. The number of anilines is 1. The van der Waals surface area contributed by atoms with E-state index in [1.165, 1.54) is 0 Å². The Balaban J connectivity index is 0.00000204. The van der Waals surface area contributed by atoms with E-state index in [0.29, 0.717) is 12.4 Å². The smallest absolute Gasteiger partial charge is 0.224 e. The van der Waals surface area contributed by atoms with Gasteiger partial charge in [0.2, 0.25) is 11.9 Å². The van der Waals surface area contributed by atoms with Crippen molar-refractivity contribution in [3.63, 3.8) is 0 Å². The van der Waals surface area contributed by atoms with Crippen LogP contribution in [0.4, 0.5) is 5.95 Å². The van der Waals surface area contributed by atoms with Crippen molar-refractivity contribution in [1.29, 1.82) is 0 Å². The van der Waals surface area contributed by atoms with Gasteiger partial charge in [0.1, 0.15) is 5.75 Å². The molecule has 2 N–H and O–H groups in total. The summed E-state index contributed by atoms with van der Waals surface area (Å²) in [6.07, 6.45) is 4.65. The summed E-state index contributed by atoms with van der Waals surface area (Å²) in [6.45, 7) is 10.9. The minimum Gasteiger partial charge on any atom is -0.495 e. The van der Waals surface area contributed by atoms with E-state index in [0.717, 1.165) is 54.7 Å². The molecule has 0 bridgehead atoms. The van der Waals surface area contributed by atoms with Gasteiger partial charge < -0.3 is 24.6 Å². The lowest BCUT2D eigenvalue weighted by atomic mass is 10.1. The zero-order valence-corrected chi connectivity index (χ0v) is 21.2. The van der Waals surface area contributed by atoms with Crippen LogP contribution in [0.2, 0.25) is 0 Å². The van der Waals surface area contributed by atoms with Crippen molar-refractivity contribution in [2.75, 3.05) is 38.2 Å². The zero-order chi connectivity index (χ0) is 22.8. The van der Waals surface area contributed by atoms with Gasteiger partial charge in [0.05, 0.1) is 30.9 Å². The summed E-state index contributed by atoms with van der Waals surface area (Å²) in [6, 6.07) is 6.14. The van der Waals surface area contributed by atoms with Crippen LogP contribution in [-0.4, -0.2) is 73.9 Å². The quantitative estimate of drug-likeness (QED) is 0.542. The Kier molecular flexibility index (Phi) is 9.06. The molecule has 3 aromatic rings. The van der Waals surface area contributed by atoms with Crippen molar-refractivity contribution in [2.24, 2.45) is 0 Å². The first-order valence-electron chi connectivity index (χ1n) is 11.0. The molecule has 186 valence electrons. The fourth-order valence-electron chi connectivity index (χ4n) is 4.01. The molecule has 1 saturated heterocycles. The van der Waals surface area contributed by atoms with Gasteiger partial charge in [0.15, 0.2) is 5.82 Å². The number of imidazole rings is 1. The Hall–Kier alpha value is -3.11. The van der Waals surface area contributed by atoms with E-state index in [-0.39, 0.29) is 29.8 Å². The molecular formula is C23H34ClN7O3. The van der Waals surface area contributed by atoms with Gasteiger partial charge in [0, 0.05) is 44.9 Å². The highest BCUT2D eigenvalue weighted by molar-refractivity contribution is 5.85. The summed E-state index contributed by atoms with van der Waals surface area (Å²) in [5.74, 6) is 2.36. The normalized spacial score (nSPS) is 13.8. The molecule has 0 spiro atoms. The number of aryl methyl sites for hydroxylation is 1. The maximum atomic E-state index is 11.8. The van der Waals surface area contributed by atoms with Crippen LogP contribution >= 0.6 is 12.4 Å². The molecule has 0 radical (unpaired) electrons. The topological polar surface area (TPSA) is 113 Å². The van der Waals surface area contributed by atoms with Crippen molar-refractivity contribution in [3.05, 3.63) is 36.4 Å².